The third-order valence-electron chi connectivity index (χ3n) is 4.39. The van der Waals surface area contributed by atoms with Crippen molar-refractivity contribution in [3.05, 3.63) is 29.8 Å². The lowest BCUT2D eigenvalue weighted by Gasteiger charge is -2.15. The Hall–Kier alpha value is -1.97. The Balaban J connectivity index is 1.98. The Morgan fingerprint density at radius 1 is 1.17 bits per heavy atom. The molecule has 1 fully saturated rings. The lowest BCUT2D eigenvalue weighted by atomic mass is 10.0. The first-order chi connectivity index (χ1) is 11.1. The fraction of sp³-hybridized carbons (Fsp3) is 0.526. The Bertz CT molecular complexity index is 577. The van der Waals surface area contributed by atoms with Crippen LogP contribution in [0.3, 0.4) is 0 Å². The quantitative estimate of drug-likeness (QED) is 0.688. The van der Waals surface area contributed by atoms with Crippen LogP contribution in [0.2, 0.25) is 0 Å². The number of nitrogens with zero attached hydrogens (tertiary/aromatic N) is 1. The molecule has 2 amide bonds. The van der Waals surface area contributed by atoms with Gasteiger partial charge in [0.15, 0.2) is 0 Å². The molecule has 23 heavy (non-hydrogen) atoms. The smallest absolute Gasteiger partial charge is 0.237 e. The van der Waals surface area contributed by atoms with Crippen molar-refractivity contribution < 1.29 is 14.4 Å². The molecule has 1 aromatic carbocycles. The third-order valence-corrected chi connectivity index (χ3v) is 4.39. The molecule has 1 aliphatic rings. The summed E-state index contributed by atoms with van der Waals surface area (Å²) in [5.41, 5.74) is 1.79. The van der Waals surface area contributed by atoms with Gasteiger partial charge in [0.25, 0.3) is 0 Å². The summed E-state index contributed by atoms with van der Waals surface area (Å²) in [7, 11) is 0. The van der Waals surface area contributed by atoms with Gasteiger partial charge in [-0.15, -0.1) is 0 Å². The summed E-state index contributed by atoms with van der Waals surface area (Å²) in [6.45, 7) is 3.91. The van der Waals surface area contributed by atoms with Gasteiger partial charge in [-0.25, -0.2) is 0 Å². The van der Waals surface area contributed by atoms with E-state index in [1.807, 2.05) is 38.1 Å². The van der Waals surface area contributed by atoms with Crippen LogP contribution in [0, 0.1) is 5.92 Å². The number of ketones is 1. The first-order valence-electron chi connectivity index (χ1n) is 8.54. The number of amides is 2. The van der Waals surface area contributed by atoms with Gasteiger partial charge in [0.05, 0.1) is 5.69 Å². The number of carbonyl (C=O) groups is 3. The lowest BCUT2D eigenvalue weighted by molar-refractivity contribution is -0.122. The van der Waals surface area contributed by atoms with E-state index in [-0.39, 0.29) is 23.5 Å². The number of aryl methyl sites for hydroxylation is 1. The van der Waals surface area contributed by atoms with Gasteiger partial charge in [-0.3, -0.25) is 19.3 Å². The van der Waals surface area contributed by atoms with E-state index in [1.54, 1.807) is 0 Å². The minimum Gasteiger partial charge on any atom is -0.300 e. The normalized spacial score (nSPS) is 17.8. The molecule has 0 saturated carbocycles. The molecule has 1 aromatic rings. The second kappa shape index (κ2) is 8.04. The number of rotatable bonds is 8. The molecule has 0 radical (unpaired) electrons. The highest BCUT2D eigenvalue weighted by Crippen LogP contribution is 2.29. The van der Waals surface area contributed by atoms with Gasteiger partial charge >= 0.3 is 0 Å². The maximum atomic E-state index is 12.3. The highest BCUT2D eigenvalue weighted by Gasteiger charge is 2.38. The molecule has 1 aliphatic heterocycles. The summed E-state index contributed by atoms with van der Waals surface area (Å²) in [5.74, 6) is -0.0445. The lowest BCUT2D eigenvalue weighted by Crippen LogP contribution is -2.30. The summed E-state index contributed by atoms with van der Waals surface area (Å²) < 4.78 is 0. The zero-order valence-corrected chi connectivity index (χ0v) is 14.0. The Morgan fingerprint density at radius 3 is 2.48 bits per heavy atom. The van der Waals surface area contributed by atoms with Crippen LogP contribution < -0.4 is 4.90 Å². The average Bonchev–Trinajstić information content (AvgIpc) is 2.82. The zero-order chi connectivity index (χ0) is 16.8. The van der Waals surface area contributed by atoms with Crippen LogP contribution in [0.25, 0.3) is 0 Å². The number of Topliss-reactive ketones (excluding diaryl/α,β-unsaturated/α-hetero) is 1. The van der Waals surface area contributed by atoms with Crippen molar-refractivity contribution in [2.45, 2.75) is 58.8 Å². The Labute approximate surface area is 137 Å². The van der Waals surface area contributed by atoms with Crippen molar-refractivity contribution in [3.8, 4) is 0 Å². The molecular formula is C19H25NO3. The maximum Gasteiger partial charge on any atom is 0.237 e. The van der Waals surface area contributed by atoms with E-state index in [9.17, 15) is 14.4 Å². The van der Waals surface area contributed by atoms with Crippen molar-refractivity contribution in [3.63, 3.8) is 0 Å². The topological polar surface area (TPSA) is 54.5 Å². The molecule has 0 bridgehead atoms. The molecule has 4 heteroatoms. The van der Waals surface area contributed by atoms with Gasteiger partial charge in [0.2, 0.25) is 11.8 Å². The molecule has 124 valence electrons. The Kier molecular flexibility index (Phi) is 6.08. The summed E-state index contributed by atoms with van der Waals surface area (Å²) in [4.78, 5) is 37.1. The molecule has 2 rings (SSSR count). The minimum absolute atomic E-state index is 0.0712. The molecule has 0 aromatic heterocycles. The molecule has 0 N–H and O–H groups in total. The van der Waals surface area contributed by atoms with E-state index in [0.717, 1.165) is 31.2 Å². The SMILES string of the molecule is CCCC1CC(=O)N(c2ccc(CCCC(=O)CC)cc2)C1=O. The second-order valence-electron chi connectivity index (χ2n) is 6.17. The van der Waals surface area contributed by atoms with E-state index >= 15 is 0 Å². The van der Waals surface area contributed by atoms with Crippen molar-refractivity contribution in [1.82, 2.24) is 0 Å². The number of carbonyl (C=O) groups excluding carboxylic acids is 3. The van der Waals surface area contributed by atoms with Crippen LogP contribution in [0.1, 0.15) is 57.9 Å². The van der Waals surface area contributed by atoms with E-state index in [1.165, 1.54) is 4.90 Å². The summed E-state index contributed by atoms with van der Waals surface area (Å²) in [5, 5.41) is 0. The van der Waals surface area contributed by atoms with Gasteiger partial charge in [-0.1, -0.05) is 32.4 Å². The molecule has 1 heterocycles. The van der Waals surface area contributed by atoms with Crippen LogP contribution in [0.5, 0.6) is 0 Å². The molecule has 4 nitrogen and oxygen atoms in total. The minimum atomic E-state index is -0.160. The fourth-order valence-electron chi connectivity index (χ4n) is 3.02. The van der Waals surface area contributed by atoms with Gasteiger partial charge in [0, 0.05) is 25.2 Å². The molecule has 1 atom stereocenters. The average molecular weight is 315 g/mol. The van der Waals surface area contributed by atoms with Gasteiger partial charge in [-0.2, -0.15) is 0 Å². The second-order valence-corrected chi connectivity index (χ2v) is 6.17. The summed E-state index contributed by atoms with van der Waals surface area (Å²) in [6.07, 6.45) is 4.89. The first kappa shape index (κ1) is 17.4. The van der Waals surface area contributed by atoms with E-state index in [2.05, 4.69) is 0 Å². The van der Waals surface area contributed by atoms with Gasteiger partial charge in [-0.05, 0) is 37.0 Å². The number of hydrogen-bond donors (Lipinski definition) is 0. The zero-order valence-electron chi connectivity index (χ0n) is 14.0. The molecule has 1 unspecified atom stereocenters. The predicted octanol–water partition coefficient (Wildman–Crippen LogP) is 3.67. The van der Waals surface area contributed by atoms with Crippen molar-refractivity contribution in [2.24, 2.45) is 5.92 Å². The Morgan fingerprint density at radius 2 is 1.87 bits per heavy atom. The van der Waals surface area contributed by atoms with E-state index < -0.39 is 0 Å². The van der Waals surface area contributed by atoms with Crippen LogP contribution >= 0.6 is 0 Å². The monoisotopic (exact) mass is 315 g/mol. The van der Waals surface area contributed by atoms with Crippen LogP contribution in [-0.2, 0) is 20.8 Å². The standard InChI is InChI=1S/C19H25NO3/c1-3-6-15-13-18(22)20(19(15)23)16-11-9-14(10-12-16)7-5-8-17(21)4-2/h9-12,15H,3-8,13H2,1-2H3. The molecule has 1 saturated heterocycles. The van der Waals surface area contributed by atoms with E-state index in [0.29, 0.717) is 24.9 Å². The highest BCUT2D eigenvalue weighted by atomic mass is 16.2. The largest absolute Gasteiger partial charge is 0.300 e. The fourth-order valence-corrected chi connectivity index (χ4v) is 3.02. The predicted molar refractivity (Wildman–Crippen MR) is 90.2 cm³/mol. The van der Waals surface area contributed by atoms with Crippen LogP contribution in [-0.4, -0.2) is 17.6 Å². The van der Waals surface area contributed by atoms with Crippen molar-refractivity contribution in [1.29, 1.82) is 0 Å². The molecule has 0 spiro atoms. The first-order valence-corrected chi connectivity index (χ1v) is 8.54. The summed E-state index contributed by atoms with van der Waals surface area (Å²) in [6, 6.07) is 7.56. The van der Waals surface area contributed by atoms with Crippen LogP contribution in [0.4, 0.5) is 5.69 Å². The maximum absolute atomic E-state index is 12.3. The summed E-state index contributed by atoms with van der Waals surface area (Å²) >= 11 is 0. The van der Waals surface area contributed by atoms with Gasteiger partial charge in [0.1, 0.15) is 5.78 Å². The number of anilines is 1. The number of hydrogen-bond acceptors (Lipinski definition) is 3. The van der Waals surface area contributed by atoms with Crippen molar-refractivity contribution >= 4 is 23.3 Å². The van der Waals surface area contributed by atoms with E-state index in [4.69, 9.17) is 0 Å². The molecular weight excluding hydrogens is 290 g/mol. The van der Waals surface area contributed by atoms with Crippen LogP contribution in [0.15, 0.2) is 24.3 Å². The highest BCUT2D eigenvalue weighted by molar-refractivity contribution is 6.20. The van der Waals surface area contributed by atoms with Gasteiger partial charge < -0.3 is 0 Å². The number of imide groups is 1. The third kappa shape index (κ3) is 4.27. The van der Waals surface area contributed by atoms with Crippen molar-refractivity contribution in [2.75, 3.05) is 4.90 Å². The number of benzene rings is 1. The molecule has 0 aliphatic carbocycles.